The fraction of sp³-hybridized carbons (Fsp3) is 0.214. The Morgan fingerprint density at radius 1 is 1.33 bits per heavy atom. The molecule has 0 saturated carbocycles. The Morgan fingerprint density at radius 3 is 2.95 bits per heavy atom. The lowest BCUT2D eigenvalue weighted by atomic mass is 10.0. The largest absolute Gasteiger partial charge is 0.297 e. The minimum atomic E-state index is -0.842. The maximum Gasteiger partial charge on any atom is 0.193 e. The van der Waals surface area contributed by atoms with Gasteiger partial charge in [0.15, 0.2) is 16.6 Å². The monoisotopic (exact) mass is 308 g/mol. The van der Waals surface area contributed by atoms with Crippen LogP contribution >= 0.6 is 11.3 Å². The molecule has 0 bridgehead atoms. The van der Waals surface area contributed by atoms with Gasteiger partial charge in [-0.3, -0.25) is 15.7 Å². The molecule has 110 valence electrons. The summed E-state index contributed by atoms with van der Waals surface area (Å²) >= 11 is 1.54. The highest BCUT2D eigenvalue weighted by Gasteiger charge is 2.15. The van der Waals surface area contributed by atoms with Crippen LogP contribution in [0.1, 0.15) is 11.3 Å². The van der Waals surface area contributed by atoms with Crippen molar-refractivity contribution in [3.63, 3.8) is 0 Å². The van der Waals surface area contributed by atoms with Crippen molar-refractivity contribution in [3.8, 4) is 0 Å². The maximum atomic E-state index is 13.7. The number of aromatic nitrogens is 2. The zero-order valence-electron chi connectivity index (χ0n) is 11.1. The van der Waals surface area contributed by atoms with E-state index in [4.69, 9.17) is 5.84 Å². The average molecular weight is 308 g/mol. The Morgan fingerprint density at radius 2 is 2.19 bits per heavy atom. The molecule has 0 saturated heterocycles. The number of rotatable bonds is 5. The first-order valence-corrected chi connectivity index (χ1v) is 7.35. The molecule has 0 aliphatic rings. The zero-order chi connectivity index (χ0) is 14.8. The highest BCUT2D eigenvalue weighted by Crippen LogP contribution is 2.16. The Labute approximate surface area is 124 Å². The molecule has 0 fully saturated rings. The van der Waals surface area contributed by atoms with Crippen LogP contribution in [0, 0.1) is 11.6 Å². The molecule has 7 heteroatoms. The van der Waals surface area contributed by atoms with Crippen LogP contribution in [0.15, 0.2) is 36.0 Å². The number of thiazole rings is 1. The van der Waals surface area contributed by atoms with E-state index in [1.807, 2.05) is 22.2 Å². The van der Waals surface area contributed by atoms with Gasteiger partial charge in [0.05, 0.1) is 5.69 Å². The van der Waals surface area contributed by atoms with Gasteiger partial charge in [-0.1, -0.05) is 12.1 Å². The fourth-order valence-electron chi connectivity index (χ4n) is 2.29. The van der Waals surface area contributed by atoms with Crippen molar-refractivity contribution in [1.29, 1.82) is 0 Å². The Kier molecular flexibility index (Phi) is 3.96. The normalized spacial score (nSPS) is 12.9. The van der Waals surface area contributed by atoms with E-state index >= 15 is 0 Å². The molecule has 3 N–H and O–H groups in total. The number of fused-ring (bicyclic) bond motifs is 1. The van der Waals surface area contributed by atoms with Crippen molar-refractivity contribution in [1.82, 2.24) is 14.8 Å². The van der Waals surface area contributed by atoms with Crippen molar-refractivity contribution in [2.45, 2.75) is 18.9 Å². The van der Waals surface area contributed by atoms with Gasteiger partial charge in [-0.25, -0.2) is 13.8 Å². The molecule has 1 atom stereocenters. The molecule has 2 heterocycles. The van der Waals surface area contributed by atoms with Crippen LogP contribution in [0.4, 0.5) is 8.78 Å². The molecular formula is C14H14F2N4S. The van der Waals surface area contributed by atoms with E-state index in [1.54, 1.807) is 17.4 Å². The number of hydrazine groups is 1. The number of hydrogen-bond donors (Lipinski definition) is 2. The lowest BCUT2D eigenvalue weighted by Crippen LogP contribution is -2.38. The van der Waals surface area contributed by atoms with Gasteiger partial charge < -0.3 is 0 Å². The number of nitrogens with zero attached hydrogens (tertiary/aromatic N) is 2. The van der Waals surface area contributed by atoms with Gasteiger partial charge in [0, 0.05) is 30.2 Å². The van der Waals surface area contributed by atoms with Gasteiger partial charge in [-0.05, 0) is 18.1 Å². The molecular weight excluding hydrogens is 294 g/mol. The summed E-state index contributed by atoms with van der Waals surface area (Å²) < 4.78 is 28.8. The van der Waals surface area contributed by atoms with Crippen LogP contribution in [0.3, 0.4) is 0 Å². The second-order valence-corrected chi connectivity index (χ2v) is 5.68. The van der Waals surface area contributed by atoms with Crippen LogP contribution in [-0.2, 0) is 12.8 Å². The van der Waals surface area contributed by atoms with Gasteiger partial charge in [0.1, 0.15) is 0 Å². The number of benzene rings is 1. The summed E-state index contributed by atoms with van der Waals surface area (Å²) in [6.45, 7) is 0. The first-order valence-electron chi connectivity index (χ1n) is 6.47. The summed E-state index contributed by atoms with van der Waals surface area (Å²) in [5, 5.41) is 1.95. The summed E-state index contributed by atoms with van der Waals surface area (Å²) in [4.78, 5) is 5.36. The predicted octanol–water partition coefficient (Wildman–Crippen LogP) is 2.29. The number of hydrogen-bond acceptors (Lipinski definition) is 4. The quantitative estimate of drug-likeness (QED) is 0.562. The van der Waals surface area contributed by atoms with Crippen LogP contribution in [0.5, 0.6) is 0 Å². The first-order chi connectivity index (χ1) is 10.2. The van der Waals surface area contributed by atoms with Crippen molar-refractivity contribution in [2.75, 3.05) is 0 Å². The molecule has 3 aromatic rings. The Hall–Kier alpha value is -1.83. The van der Waals surface area contributed by atoms with Gasteiger partial charge >= 0.3 is 0 Å². The number of nitrogens with one attached hydrogen (secondary N) is 1. The van der Waals surface area contributed by atoms with Gasteiger partial charge in [-0.15, -0.1) is 11.3 Å². The van der Waals surface area contributed by atoms with Gasteiger partial charge in [-0.2, -0.15) is 0 Å². The molecule has 3 rings (SSSR count). The second-order valence-electron chi connectivity index (χ2n) is 4.81. The van der Waals surface area contributed by atoms with Crippen molar-refractivity contribution in [3.05, 3.63) is 58.9 Å². The zero-order valence-corrected chi connectivity index (χ0v) is 11.9. The Bertz CT molecular complexity index is 724. The topological polar surface area (TPSA) is 55.3 Å². The van der Waals surface area contributed by atoms with E-state index in [2.05, 4.69) is 10.4 Å². The first kappa shape index (κ1) is 14.1. The summed E-state index contributed by atoms with van der Waals surface area (Å²) in [6, 6.07) is 3.95. The molecule has 0 amide bonds. The smallest absolute Gasteiger partial charge is 0.193 e. The number of halogens is 2. The maximum absolute atomic E-state index is 13.7. The molecule has 21 heavy (non-hydrogen) atoms. The molecule has 0 radical (unpaired) electrons. The third kappa shape index (κ3) is 2.94. The van der Waals surface area contributed by atoms with E-state index in [0.717, 1.165) is 16.7 Å². The molecule has 2 aromatic heterocycles. The third-order valence-electron chi connectivity index (χ3n) is 3.33. The molecule has 0 spiro atoms. The molecule has 4 nitrogen and oxygen atoms in total. The number of imidazole rings is 1. The standard InChI is InChI=1S/C14H14F2N4S/c15-12-3-1-2-9(13(12)16)6-10(19-17)7-11-8-20-4-5-21-14(20)18-11/h1-5,8,10,19H,6-7,17H2. The SMILES string of the molecule is NNC(Cc1cn2ccsc2n1)Cc1cccc(F)c1F. The van der Waals surface area contributed by atoms with Crippen molar-refractivity contribution < 1.29 is 8.78 Å². The van der Waals surface area contributed by atoms with Crippen LogP contribution in [0.2, 0.25) is 0 Å². The molecule has 0 aliphatic carbocycles. The average Bonchev–Trinajstić information content (AvgIpc) is 3.04. The second kappa shape index (κ2) is 5.88. The van der Waals surface area contributed by atoms with E-state index in [-0.39, 0.29) is 6.04 Å². The van der Waals surface area contributed by atoms with Crippen LogP contribution < -0.4 is 11.3 Å². The highest BCUT2D eigenvalue weighted by molar-refractivity contribution is 7.15. The van der Waals surface area contributed by atoms with E-state index < -0.39 is 11.6 Å². The number of nitrogens with two attached hydrogens (primary N) is 1. The predicted molar refractivity (Wildman–Crippen MR) is 77.9 cm³/mol. The van der Waals surface area contributed by atoms with E-state index in [9.17, 15) is 8.78 Å². The fourth-order valence-corrected chi connectivity index (χ4v) is 3.01. The van der Waals surface area contributed by atoms with Crippen molar-refractivity contribution >= 4 is 16.3 Å². The molecule has 1 aromatic carbocycles. The Balaban J connectivity index is 1.75. The summed E-state index contributed by atoms with van der Waals surface area (Å²) in [7, 11) is 0. The van der Waals surface area contributed by atoms with E-state index in [0.29, 0.717) is 18.4 Å². The lowest BCUT2D eigenvalue weighted by Gasteiger charge is -2.15. The highest BCUT2D eigenvalue weighted by atomic mass is 32.1. The van der Waals surface area contributed by atoms with Gasteiger partial charge in [0.25, 0.3) is 0 Å². The van der Waals surface area contributed by atoms with Crippen molar-refractivity contribution in [2.24, 2.45) is 5.84 Å². The summed E-state index contributed by atoms with van der Waals surface area (Å²) in [5.74, 6) is 3.87. The van der Waals surface area contributed by atoms with Gasteiger partial charge in [0.2, 0.25) is 0 Å². The minimum Gasteiger partial charge on any atom is -0.297 e. The minimum absolute atomic E-state index is 0.217. The lowest BCUT2D eigenvalue weighted by molar-refractivity contribution is 0.472. The summed E-state index contributed by atoms with van der Waals surface area (Å²) in [6.07, 6.45) is 4.68. The third-order valence-corrected chi connectivity index (χ3v) is 4.10. The molecule has 0 aliphatic heterocycles. The summed E-state index contributed by atoms with van der Waals surface area (Å²) in [5.41, 5.74) is 3.81. The molecule has 1 unspecified atom stereocenters. The van der Waals surface area contributed by atoms with Crippen LogP contribution in [0.25, 0.3) is 4.96 Å². The van der Waals surface area contributed by atoms with Crippen LogP contribution in [-0.4, -0.2) is 15.4 Å². The van der Waals surface area contributed by atoms with E-state index in [1.165, 1.54) is 6.07 Å².